The smallest absolute Gasteiger partial charge is 0.0163 e. The van der Waals surface area contributed by atoms with Crippen molar-refractivity contribution >= 4 is 0 Å². The van der Waals surface area contributed by atoms with Crippen molar-refractivity contribution in [1.82, 2.24) is 4.90 Å². The van der Waals surface area contributed by atoms with Crippen molar-refractivity contribution in [2.45, 2.75) is 87.0 Å². The Hall–Kier alpha value is -0.300. The van der Waals surface area contributed by atoms with Crippen LogP contribution in [0.2, 0.25) is 0 Å². The molecule has 0 fully saturated rings. The molecule has 0 aromatic carbocycles. The van der Waals surface area contributed by atoms with E-state index in [-0.39, 0.29) is 0 Å². The van der Waals surface area contributed by atoms with Gasteiger partial charge in [0, 0.05) is 6.54 Å². The summed E-state index contributed by atoms with van der Waals surface area (Å²) in [5, 5.41) is 0. The van der Waals surface area contributed by atoms with E-state index in [0.29, 0.717) is 10.8 Å². The molecule has 1 heteroatoms. The predicted molar refractivity (Wildman–Crippen MR) is 97.9 cm³/mol. The fourth-order valence-electron chi connectivity index (χ4n) is 3.19. The van der Waals surface area contributed by atoms with Gasteiger partial charge in [-0.3, -0.25) is 4.90 Å². The Kier molecular flexibility index (Phi) is 10.3. The first-order valence-corrected chi connectivity index (χ1v) is 9.07. The first kappa shape index (κ1) is 20.7. The Balaban J connectivity index is 4.19. The summed E-state index contributed by atoms with van der Waals surface area (Å²) in [7, 11) is 0. The molecule has 0 bridgehead atoms. The lowest BCUT2D eigenvalue weighted by molar-refractivity contribution is 0.214. The van der Waals surface area contributed by atoms with Gasteiger partial charge < -0.3 is 0 Å². The molecule has 0 aromatic heterocycles. The van der Waals surface area contributed by atoms with Crippen LogP contribution >= 0.6 is 0 Å². The Morgan fingerprint density at radius 3 is 1.76 bits per heavy atom. The number of hydrogen-bond donors (Lipinski definition) is 0. The van der Waals surface area contributed by atoms with E-state index in [0.717, 1.165) is 6.54 Å². The van der Waals surface area contributed by atoms with Crippen LogP contribution in [-0.4, -0.2) is 24.5 Å². The summed E-state index contributed by atoms with van der Waals surface area (Å²) in [6.45, 7) is 20.0. The lowest BCUT2D eigenvalue weighted by Crippen LogP contribution is -2.26. The highest BCUT2D eigenvalue weighted by atomic mass is 15.1. The fraction of sp³-hybridized carbons (Fsp3) is 0.900. The SMILES string of the molecule is CCCCN(CC=CCC(C)(C)CC(C)(C)C)CCCC. The van der Waals surface area contributed by atoms with E-state index in [4.69, 9.17) is 0 Å². The second-order valence-corrected chi connectivity index (χ2v) is 8.58. The van der Waals surface area contributed by atoms with Crippen molar-refractivity contribution in [2.75, 3.05) is 19.6 Å². The molecule has 0 saturated heterocycles. The van der Waals surface area contributed by atoms with Crippen molar-refractivity contribution in [3.8, 4) is 0 Å². The maximum absolute atomic E-state index is 2.61. The van der Waals surface area contributed by atoms with Crippen molar-refractivity contribution in [3.05, 3.63) is 12.2 Å². The van der Waals surface area contributed by atoms with Crippen LogP contribution < -0.4 is 0 Å². The highest BCUT2D eigenvalue weighted by Crippen LogP contribution is 2.35. The molecule has 21 heavy (non-hydrogen) atoms. The van der Waals surface area contributed by atoms with Crippen LogP contribution in [0.4, 0.5) is 0 Å². The van der Waals surface area contributed by atoms with Crippen molar-refractivity contribution < 1.29 is 0 Å². The molecule has 0 aromatic rings. The van der Waals surface area contributed by atoms with Crippen molar-refractivity contribution in [1.29, 1.82) is 0 Å². The number of rotatable bonds is 11. The number of allylic oxidation sites excluding steroid dienone is 1. The highest BCUT2D eigenvalue weighted by molar-refractivity contribution is 4.91. The molecule has 0 heterocycles. The second kappa shape index (κ2) is 10.4. The van der Waals surface area contributed by atoms with Gasteiger partial charge in [0.15, 0.2) is 0 Å². The molecular formula is C20H41N. The summed E-state index contributed by atoms with van der Waals surface area (Å²) in [6, 6.07) is 0. The predicted octanol–water partition coefficient (Wildman–Crippen LogP) is 6.30. The Bertz CT molecular complexity index is 262. The highest BCUT2D eigenvalue weighted by Gasteiger charge is 2.24. The van der Waals surface area contributed by atoms with Crippen LogP contribution in [-0.2, 0) is 0 Å². The normalized spacial score (nSPS) is 13.5. The van der Waals surface area contributed by atoms with E-state index in [1.165, 1.54) is 51.6 Å². The van der Waals surface area contributed by atoms with Crippen LogP contribution in [0.25, 0.3) is 0 Å². The zero-order chi connectivity index (χ0) is 16.4. The van der Waals surface area contributed by atoms with E-state index in [1.54, 1.807) is 0 Å². The Morgan fingerprint density at radius 2 is 1.33 bits per heavy atom. The lowest BCUT2D eigenvalue weighted by Gasteiger charge is -2.31. The maximum atomic E-state index is 2.61. The molecule has 0 aliphatic heterocycles. The third-order valence-electron chi connectivity index (χ3n) is 3.87. The molecule has 0 radical (unpaired) electrons. The number of unbranched alkanes of at least 4 members (excludes halogenated alkanes) is 2. The average molecular weight is 296 g/mol. The molecule has 0 aliphatic carbocycles. The summed E-state index contributed by atoms with van der Waals surface area (Å²) >= 11 is 0. The van der Waals surface area contributed by atoms with E-state index in [9.17, 15) is 0 Å². The van der Waals surface area contributed by atoms with Gasteiger partial charge in [0.1, 0.15) is 0 Å². The minimum atomic E-state index is 0.409. The van der Waals surface area contributed by atoms with Gasteiger partial charge in [-0.2, -0.15) is 0 Å². The van der Waals surface area contributed by atoms with Crippen LogP contribution in [0.5, 0.6) is 0 Å². The largest absolute Gasteiger partial charge is 0.300 e. The molecule has 0 amide bonds. The van der Waals surface area contributed by atoms with E-state index >= 15 is 0 Å². The van der Waals surface area contributed by atoms with Gasteiger partial charge in [-0.05, 0) is 49.6 Å². The van der Waals surface area contributed by atoms with E-state index < -0.39 is 0 Å². The number of hydrogen-bond acceptors (Lipinski definition) is 1. The molecule has 0 unspecified atom stereocenters. The monoisotopic (exact) mass is 295 g/mol. The van der Waals surface area contributed by atoms with Crippen molar-refractivity contribution in [2.24, 2.45) is 10.8 Å². The van der Waals surface area contributed by atoms with Crippen LogP contribution in [0.1, 0.15) is 87.0 Å². The average Bonchev–Trinajstić information content (AvgIpc) is 2.33. The molecule has 0 saturated carbocycles. The third kappa shape index (κ3) is 13.1. The van der Waals surface area contributed by atoms with Gasteiger partial charge in [0.2, 0.25) is 0 Å². The van der Waals surface area contributed by atoms with E-state index in [1.807, 2.05) is 0 Å². The zero-order valence-corrected chi connectivity index (χ0v) is 16.0. The Labute approximate surface area is 135 Å². The first-order chi connectivity index (χ1) is 9.70. The summed E-state index contributed by atoms with van der Waals surface area (Å²) < 4.78 is 0. The molecule has 1 nitrogen and oxygen atoms in total. The summed E-state index contributed by atoms with van der Waals surface area (Å²) in [5.74, 6) is 0. The minimum Gasteiger partial charge on any atom is -0.300 e. The summed E-state index contributed by atoms with van der Waals surface area (Å²) in [5.41, 5.74) is 0.831. The van der Waals surface area contributed by atoms with Gasteiger partial charge in [-0.15, -0.1) is 0 Å². The molecule has 0 N–H and O–H groups in total. The van der Waals surface area contributed by atoms with Crippen LogP contribution in [0, 0.1) is 10.8 Å². The zero-order valence-electron chi connectivity index (χ0n) is 16.0. The summed E-state index contributed by atoms with van der Waals surface area (Å²) in [4.78, 5) is 2.61. The summed E-state index contributed by atoms with van der Waals surface area (Å²) in [6.07, 6.45) is 12.5. The van der Waals surface area contributed by atoms with Gasteiger partial charge in [-0.1, -0.05) is 73.5 Å². The first-order valence-electron chi connectivity index (χ1n) is 9.07. The van der Waals surface area contributed by atoms with Gasteiger partial charge in [0.25, 0.3) is 0 Å². The quantitative estimate of drug-likeness (QED) is 0.404. The standard InChI is InChI=1S/C20H41N/c1-8-10-15-21(16-11-9-2)17-13-12-14-20(6,7)18-19(3,4)5/h12-13H,8-11,14-18H2,1-7H3. The topological polar surface area (TPSA) is 3.24 Å². The molecule has 0 rings (SSSR count). The molecular weight excluding hydrogens is 254 g/mol. The van der Waals surface area contributed by atoms with Crippen LogP contribution in [0.15, 0.2) is 12.2 Å². The van der Waals surface area contributed by atoms with Crippen LogP contribution in [0.3, 0.4) is 0 Å². The molecule has 0 atom stereocenters. The molecule has 126 valence electrons. The molecule has 0 spiro atoms. The van der Waals surface area contributed by atoms with Gasteiger partial charge in [-0.25, -0.2) is 0 Å². The van der Waals surface area contributed by atoms with Gasteiger partial charge >= 0.3 is 0 Å². The minimum absolute atomic E-state index is 0.409. The third-order valence-corrected chi connectivity index (χ3v) is 3.87. The Morgan fingerprint density at radius 1 is 0.810 bits per heavy atom. The number of nitrogens with zero attached hydrogens (tertiary/aromatic N) is 1. The van der Waals surface area contributed by atoms with Gasteiger partial charge in [0.05, 0.1) is 0 Å². The molecule has 0 aliphatic rings. The van der Waals surface area contributed by atoms with Crippen molar-refractivity contribution in [3.63, 3.8) is 0 Å². The van der Waals surface area contributed by atoms with E-state index in [2.05, 4.69) is 65.5 Å². The second-order valence-electron chi connectivity index (χ2n) is 8.58. The maximum Gasteiger partial charge on any atom is 0.0163 e. The fourth-order valence-corrected chi connectivity index (χ4v) is 3.19. The lowest BCUT2D eigenvalue weighted by atomic mass is 9.74.